The van der Waals surface area contributed by atoms with Crippen LogP contribution in [0.3, 0.4) is 0 Å². The number of hydrogen-bond acceptors (Lipinski definition) is 6. The molecule has 1 aromatic carbocycles. The number of rotatable bonds is 6. The number of thioether (sulfide) groups is 1. The molecule has 3 heterocycles. The van der Waals surface area contributed by atoms with Gasteiger partial charge in [-0.3, -0.25) is 4.90 Å². The number of fused-ring (bicyclic) bond motifs is 1. The van der Waals surface area contributed by atoms with E-state index in [1.807, 2.05) is 24.2 Å². The van der Waals surface area contributed by atoms with Crippen molar-refractivity contribution in [1.29, 1.82) is 0 Å². The number of benzene rings is 1. The van der Waals surface area contributed by atoms with Crippen molar-refractivity contribution < 1.29 is 4.74 Å². The van der Waals surface area contributed by atoms with E-state index in [0.717, 1.165) is 57.6 Å². The first kappa shape index (κ1) is 17.8. The van der Waals surface area contributed by atoms with Gasteiger partial charge >= 0.3 is 0 Å². The number of nitrogens with zero attached hydrogens (tertiary/aromatic N) is 3. The van der Waals surface area contributed by atoms with Crippen molar-refractivity contribution in [2.24, 2.45) is 0 Å². The Hall–Kier alpha value is -1.63. The van der Waals surface area contributed by atoms with E-state index >= 15 is 0 Å². The first-order valence-electron chi connectivity index (χ1n) is 9.35. The monoisotopic (exact) mass is 370 g/mol. The van der Waals surface area contributed by atoms with Crippen molar-refractivity contribution in [3.05, 3.63) is 47.3 Å². The van der Waals surface area contributed by atoms with E-state index in [-0.39, 0.29) is 0 Å². The lowest BCUT2D eigenvalue weighted by Crippen LogP contribution is -2.30. The lowest BCUT2D eigenvalue weighted by molar-refractivity contribution is 0.120. The van der Waals surface area contributed by atoms with Gasteiger partial charge in [-0.1, -0.05) is 6.07 Å². The van der Waals surface area contributed by atoms with Crippen molar-refractivity contribution in [2.75, 3.05) is 31.3 Å². The lowest BCUT2D eigenvalue weighted by Gasteiger charge is -2.29. The van der Waals surface area contributed by atoms with Crippen LogP contribution < -0.4 is 5.32 Å². The molecule has 5 nitrogen and oxygen atoms in total. The van der Waals surface area contributed by atoms with Crippen molar-refractivity contribution in [3.8, 4) is 0 Å². The van der Waals surface area contributed by atoms with Crippen LogP contribution in [0.2, 0.25) is 0 Å². The second-order valence-corrected chi connectivity index (χ2v) is 7.91. The van der Waals surface area contributed by atoms with Crippen molar-refractivity contribution in [1.82, 2.24) is 14.9 Å². The third-order valence-electron chi connectivity index (χ3n) is 5.13. The Balaban J connectivity index is 1.31. The van der Waals surface area contributed by atoms with E-state index in [2.05, 4.69) is 44.6 Å². The van der Waals surface area contributed by atoms with Crippen LogP contribution in [0.1, 0.15) is 29.5 Å². The summed E-state index contributed by atoms with van der Waals surface area (Å²) in [7, 11) is 0. The molecule has 2 aliphatic rings. The number of hydrogen-bond donors (Lipinski definition) is 1. The molecule has 0 unspecified atom stereocenters. The summed E-state index contributed by atoms with van der Waals surface area (Å²) < 4.78 is 5.62. The molecule has 138 valence electrons. The molecule has 1 aromatic heterocycles. The zero-order chi connectivity index (χ0) is 17.8. The third-order valence-corrected chi connectivity index (χ3v) is 5.85. The Morgan fingerprint density at radius 1 is 1.27 bits per heavy atom. The van der Waals surface area contributed by atoms with E-state index < -0.39 is 0 Å². The molecule has 0 amide bonds. The summed E-state index contributed by atoms with van der Waals surface area (Å²) in [5.74, 6) is 0.692. The number of aromatic nitrogens is 2. The van der Waals surface area contributed by atoms with Crippen LogP contribution in [0.15, 0.2) is 35.5 Å². The Morgan fingerprint density at radius 3 is 2.92 bits per heavy atom. The highest BCUT2D eigenvalue weighted by molar-refractivity contribution is 7.98. The number of ether oxygens (including phenoxy) is 1. The smallest absolute Gasteiger partial charge is 0.222 e. The maximum atomic E-state index is 5.62. The fourth-order valence-electron chi connectivity index (χ4n) is 3.65. The third kappa shape index (κ3) is 4.37. The van der Waals surface area contributed by atoms with E-state index in [4.69, 9.17) is 4.74 Å². The second kappa shape index (κ2) is 8.37. The SMILES string of the molecule is CSc1ccc2c(c1)CCN(Cc1cnc(NC[C@@H]3CCCO3)nc1)C2. The van der Waals surface area contributed by atoms with Crippen LogP contribution in [-0.2, 0) is 24.2 Å². The highest BCUT2D eigenvalue weighted by Crippen LogP contribution is 2.25. The zero-order valence-corrected chi connectivity index (χ0v) is 16.1. The molecule has 4 rings (SSSR count). The van der Waals surface area contributed by atoms with Gasteiger partial charge in [0, 0.05) is 55.6 Å². The van der Waals surface area contributed by atoms with E-state index in [1.165, 1.54) is 16.0 Å². The van der Waals surface area contributed by atoms with Gasteiger partial charge in [0.15, 0.2) is 0 Å². The summed E-state index contributed by atoms with van der Waals surface area (Å²) in [5.41, 5.74) is 4.11. The molecule has 1 atom stereocenters. The summed E-state index contributed by atoms with van der Waals surface area (Å²) in [5, 5.41) is 3.28. The average molecular weight is 371 g/mol. The molecular weight excluding hydrogens is 344 g/mol. The first-order valence-corrected chi connectivity index (χ1v) is 10.6. The first-order chi connectivity index (χ1) is 12.8. The highest BCUT2D eigenvalue weighted by atomic mass is 32.2. The van der Waals surface area contributed by atoms with Gasteiger partial charge in [0.2, 0.25) is 5.95 Å². The minimum atomic E-state index is 0.304. The summed E-state index contributed by atoms with van der Waals surface area (Å²) in [4.78, 5) is 12.8. The molecule has 1 saturated heterocycles. The second-order valence-electron chi connectivity index (χ2n) is 7.03. The molecule has 0 radical (unpaired) electrons. The quantitative estimate of drug-likeness (QED) is 0.787. The van der Waals surface area contributed by atoms with Crippen molar-refractivity contribution in [2.45, 2.75) is 43.4 Å². The standard InChI is InChI=1S/C20H26N4OS/c1-26-19-5-4-17-14-24(7-6-16(17)9-19)13-15-10-21-20(22-11-15)23-12-18-3-2-8-25-18/h4-5,9-11,18H,2-3,6-8,12-14H2,1H3,(H,21,22,23)/t18-/m0/s1. The molecule has 2 aliphatic heterocycles. The van der Waals surface area contributed by atoms with Crippen LogP contribution >= 0.6 is 11.8 Å². The minimum absolute atomic E-state index is 0.304. The van der Waals surface area contributed by atoms with Gasteiger partial charge in [0.1, 0.15) is 0 Å². The molecule has 1 fully saturated rings. The maximum Gasteiger partial charge on any atom is 0.222 e. The summed E-state index contributed by atoms with van der Waals surface area (Å²) in [6.07, 6.45) is 9.72. The minimum Gasteiger partial charge on any atom is -0.376 e. The van der Waals surface area contributed by atoms with Crippen LogP contribution in [0, 0.1) is 0 Å². The van der Waals surface area contributed by atoms with Gasteiger partial charge < -0.3 is 10.1 Å². The summed E-state index contributed by atoms with van der Waals surface area (Å²) in [6, 6.07) is 6.85. The summed E-state index contributed by atoms with van der Waals surface area (Å²) in [6.45, 7) is 4.66. The Morgan fingerprint density at radius 2 is 2.15 bits per heavy atom. The summed E-state index contributed by atoms with van der Waals surface area (Å²) >= 11 is 1.81. The van der Waals surface area contributed by atoms with Crippen LogP contribution in [0.5, 0.6) is 0 Å². The molecule has 6 heteroatoms. The molecule has 0 saturated carbocycles. The molecule has 0 spiro atoms. The van der Waals surface area contributed by atoms with Gasteiger partial charge in [-0.2, -0.15) is 0 Å². The van der Waals surface area contributed by atoms with E-state index in [0.29, 0.717) is 12.1 Å². The fraction of sp³-hybridized carbons (Fsp3) is 0.500. The Labute approximate surface area is 159 Å². The topological polar surface area (TPSA) is 50.3 Å². The average Bonchev–Trinajstić information content (AvgIpc) is 3.21. The van der Waals surface area contributed by atoms with Gasteiger partial charge in [-0.25, -0.2) is 9.97 Å². The molecule has 1 N–H and O–H groups in total. The fourth-order valence-corrected chi connectivity index (χ4v) is 4.11. The maximum absolute atomic E-state index is 5.62. The lowest BCUT2D eigenvalue weighted by atomic mass is 9.99. The van der Waals surface area contributed by atoms with Gasteiger partial charge in [-0.15, -0.1) is 11.8 Å². The Bertz CT molecular complexity index is 731. The zero-order valence-electron chi connectivity index (χ0n) is 15.3. The van der Waals surface area contributed by atoms with Gasteiger partial charge in [0.05, 0.1) is 6.10 Å². The normalized spacial score (nSPS) is 20.1. The number of anilines is 1. The predicted octanol–water partition coefficient (Wildman–Crippen LogP) is 3.35. The number of nitrogens with one attached hydrogen (secondary N) is 1. The van der Waals surface area contributed by atoms with E-state index in [1.54, 1.807) is 0 Å². The molecule has 26 heavy (non-hydrogen) atoms. The van der Waals surface area contributed by atoms with Crippen LogP contribution in [-0.4, -0.2) is 46.9 Å². The van der Waals surface area contributed by atoms with Gasteiger partial charge in [0.25, 0.3) is 0 Å². The molecular formula is C20H26N4OS. The van der Waals surface area contributed by atoms with Crippen molar-refractivity contribution in [3.63, 3.8) is 0 Å². The van der Waals surface area contributed by atoms with Gasteiger partial charge in [-0.05, 0) is 48.8 Å². The van der Waals surface area contributed by atoms with Crippen LogP contribution in [0.4, 0.5) is 5.95 Å². The molecule has 2 aromatic rings. The Kier molecular flexibility index (Phi) is 5.72. The van der Waals surface area contributed by atoms with Crippen LogP contribution in [0.25, 0.3) is 0 Å². The predicted molar refractivity (Wildman–Crippen MR) is 106 cm³/mol. The van der Waals surface area contributed by atoms with Crippen molar-refractivity contribution >= 4 is 17.7 Å². The largest absolute Gasteiger partial charge is 0.376 e. The molecule has 0 aliphatic carbocycles. The molecule has 0 bridgehead atoms. The van der Waals surface area contributed by atoms with E-state index in [9.17, 15) is 0 Å². The highest BCUT2D eigenvalue weighted by Gasteiger charge is 2.17.